The normalized spacial score (nSPS) is 10.8. The molecular formula is C17H18N4OS. The van der Waals surface area contributed by atoms with Gasteiger partial charge >= 0.3 is 0 Å². The Balaban J connectivity index is 1.82. The third-order valence-electron chi connectivity index (χ3n) is 3.45. The number of nitrogens with zero attached hydrogens (tertiary/aromatic N) is 3. The number of ether oxygens (including phenoxy) is 1. The van der Waals surface area contributed by atoms with E-state index in [-0.39, 0.29) is 0 Å². The minimum atomic E-state index is 0.414. The van der Waals surface area contributed by atoms with Gasteiger partial charge in [0.05, 0.1) is 18.1 Å². The molecule has 0 aliphatic rings. The Bertz CT molecular complexity index is 829. The first-order valence-electron chi connectivity index (χ1n) is 7.41. The molecule has 5 nitrogen and oxygen atoms in total. The molecular weight excluding hydrogens is 308 g/mol. The molecule has 0 aliphatic heterocycles. The van der Waals surface area contributed by atoms with Gasteiger partial charge in [-0.25, -0.2) is 9.97 Å². The second-order valence-electron chi connectivity index (χ2n) is 5.35. The molecule has 0 spiro atoms. The van der Waals surface area contributed by atoms with E-state index in [1.165, 1.54) is 0 Å². The molecule has 6 heteroatoms. The molecule has 3 aromatic rings. The highest BCUT2D eigenvalue weighted by Crippen LogP contribution is 2.16. The Kier molecular flexibility index (Phi) is 4.52. The monoisotopic (exact) mass is 326 g/mol. The fourth-order valence-corrected chi connectivity index (χ4v) is 2.58. The highest BCUT2D eigenvalue weighted by Gasteiger charge is 2.13. The van der Waals surface area contributed by atoms with Gasteiger partial charge in [0.1, 0.15) is 17.1 Å². The van der Waals surface area contributed by atoms with Crippen LogP contribution in [0.1, 0.15) is 11.4 Å². The van der Waals surface area contributed by atoms with Gasteiger partial charge in [0, 0.05) is 12.6 Å². The van der Waals surface area contributed by atoms with Gasteiger partial charge < -0.3 is 15.0 Å². The summed E-state index contributed by atoms with van der Waals surface area (Å²) in [6.07, 6.45) is 2.48. The second-order valence-corrected chi connectivity index (χ2v) is 5.87. The summed E-state index contributed by atoms with van der Waals surface area (Å²) in [6.45, 7) is 2.96. The van der Waals surface area contributed by atoms with Crippen LogP contribution >= 0.6 is 12.2 Å². The van der Waals surface area contributed by atoms with Crippen molar-refractivity contribution in [1.29, 1.82) is 0 Å². The van der Waals surface area contributed by atoms with Crippen LogP contribution in [0.2, 0.25) is 0 Å². The van der Waals surface area contributed by atoms with E-state index in [1.807, 2.05) is 54.1 Å². The number of pyridine rings is 1. The number of benzene rings is 1. The van der Waals surface area contributed by atoms with Crippen LogP contribution in [0.4, 0.5) is 0 Å². The van der Waals surface area contributed by atoms with Gasteiger partial charge in [0.15, 0.2) is 5.65 Å². The van der Waals surface area contributed by atoms with Crippen molar-refractivity contribution in [1.82, 2.24) is 14.5 Å². The molecule has 0 saturated carbocycles. The number of thiocarbonyl (C=S) groups is 1. The summed E-state index contributed by atoms with van der Waals surface area (Å²) in [4.78, 5) is 9.54. The molecule has 0 bridgehead atoms. The average molecular weight is 326 g/mol. The maximum atomic E-state index is 5.75. The maximum absolute atomic E-state index is 5.75. The summed E-state index contributed by atoms with van der Waals surface area (Å²) in [5.41, 5.74) is 8.45. The van der Waals surface area contributed by atoms with Crippen LogP contribution in [0.3, 0.4) is 0 Å². The van der Waals surface area contributed by atoms with E-state index in [0.717, 1.165) is 28.3 Å². The van der Waals surface area contributed by atoms with Crippen molar-refractivity contribution >= 4 is 28.4 Å². The summed E-state index contributed by atoms with van der Waals surface area (Å²) in [5, 5.41) is 0. The van der Waals surface area contributed by atoms with Gasteiger partial charge in [0.25, 0.3) is 0 Å². The zero-order chi connectivity index (χ0) is 16.2. The molecule has 0 saturated heterocycles. The minimum Gasteiger partial charge on any atom is -0.493 e. The van der Waals surface area contributed by atoms with E-state index in [1.54, 1.807) is 0 Å². The Morgan fingerprint density at radius 2 is 2.09 bits per heavy atom. The number of hydrogen-bond donors (Lipinski definition) is 1. The Labute approximate surface area is 140 Å². The number of aryl methyl sites for hydroxylation is 1. The van der Waals surface area contributed by atoms with Gasteiger partial charge in [-0.1, -0.05) is 30.4 Å². The van der Waals surface area contributed by atoms with Gasteiger partial charge in [-0.15, -0.1) is 0 Å². The van der Waals surface area contributed by atoms with Crippen molar-refractivity contribution in [2.24, 2.45) is 5.73 Å². The van der Waals surface area contributed by atoms with Gasteiger partial charge in [-0.2, -0.15) is 0 Å². The van der Waals surface area contributed by atoms with Crippen molar-refractivity contribution < 1.29 is 4.74 Å². The molecule has 0 unspecified atom stereocenters. The first kappa shape index (κ1) is 15.4. The molecule has 3 rings (SSSR count). The Morgan fingerprint density at radius 3 is 2.83 bits per heavy atom. The summed E-state index contributed by atoms with van der Waals surface area (Å²) >= 11 is 5.05. The lowest BCUT2D eigenvalue weighted by Crippen LogP contribution is -2.19. The predicted octanol–water partition coefficient (Wildman–Crippen LogP) is 2.65. The van der Waals surface area contributed by atoms with E-state index < -0.39 is 0 Å². The molecule has 2 N–H and O–H groups in total. The third kappa shape index (κ3) is 3.65. The fourth-order valence-electron chi connectivity index (χ4n) is 2.45. The van der Waals surface area contributed by atoms with E-state index in [2.05, 4.69) is 9.97 Å². The summed E-state index contributed by atoms with van der Waals surface area (Å²) in [6, 6.07) is 11.7. The van der Waals surface area contributed by atoms with E-state index in [9.17, 15) is 0 Å². The topological polar surface area (TPSA) is 66.0 Å². The summed E-state index contributed by atoms with van der Waals surface area (Å²) in [7, 11) is 0. The quantitative estimate of drug-likeness (QED) is 0.706. The second kappa shape index (κ2) is 6.75. The van der Waals surface area contributed by atoms with Crippen LogP contribution in [0, 0.1) is 6.92 Å². The number of rotatable bonds is 6. The lowest BCUT2D eigenvalue weighted by atomic mass is 10.3. The van der Waals surface area contributed by atoms with Crippen molar-refractivity contribution in [3.05, 3.63) is 54.0 Å². The van der Waals surface area contributed by atoms with E-state index >= 15 is 0 Å². The van der Waals surface area contributed by atoms with Gasteiger partial charge in [-0.05, 0) is 30.7 Å². The van der Waals surface area contributed by atoms with Crippen molar-refractivity contribution in [3.8, 4) is 5.75 Å². The number of imidazole rings is 1. The zero-order valence-electron chi connectivity index (χ0n) is 12.9. The third-order valence-corrected chi connectivity index (χ3v) is 3.58. The minimum absolute atomic E-state index is 0.414. The average Bonchev–Trinajstić information content (AvgIpc) is 2.85. The molecule has 118 valence electrons. The molecule has 1 aromatic carbocycles. The van der Waals surface area contributed by atoms with Crippen LogP contribution in [0.15, 0.2) is 42.6 Å². The van der Waals surface area contributed by atoms with Crippen LogP contribution in [0.25, 0.3) is 11.2 Å². The molecule has 0 aliphatic carbocycles. The van der Waals surface area contributed by atoms with Gasteiger partial charge in [0.2, 0.25) is 0 Å². The van der Waals surface area contributed by atoms with Crippen molar-refractivity contribution in [3.63, 3.8) is 0 Å². The number of fused-ring (bicyclic) bond motifs is 1. The van der Waals surface area contributed by atoms with E-state index in [4.69, 9.17) is 22.7 Å². The molecule has 0 radical (unpaired) electrons. The van der Waals surface area contributed by atoms with E-state index in [0.29, 0.717) is 24.6 Å². The number of aromatic nitrogens is 3. The first-order chi connectivity index (χ1) is 11.1. The Hall–Kier alpha value is -2.47. The van der Waals surface area contributed by atoms with Crippen molar-refractivity contribution in [2.75, 3.05) is 6.61 Å². The fraction of sp³-hybridized carbons (Fsp3) is 0.235. The smallest absolute Gasteiger partial charge is 0.160 e. The summed E-state index contributed by atoms with van der Waals surface area (Å²) < 4.78 is 7.72. The molecule has 0 atom stereocenters. The standard InChI is InChI=1S/C17H18N4OS/c1-12-9-14-17(19-10-12)21(11-15(18)23)16(20-14)7-8-22-13-5-3-2-4-6-13/h2-6,9-10H,7-8,11H2,1H3,(H2,18,23). The van der Waals surface area contributed by atoms with Gasteiger partial charge in [-0.3, -0.25) is 0 Å². The lowest BCUT2D eigenvalue weighted by Gasteiger charge is -2.09. The van der Waals surface area contributed by atoms with Crippen LogP contribution < -0.4 is 10.5 Å². The number of hydrogen-bond acceptors (Lipinski definition) is 4. The summed E-state index contributed by atoms with van der Waals surface area (Å²) in [5.74, 6) is 1.72. The molecule has 2 heterocycles. The molecule has 0 fully saturated rings. The van der Waals surface area contributed by atoms with Crippen LogP contribution in [-0.2, 0) is 13.0 Å². The van der Waals surface area contributed by atoms with Crippen LogP contribution in [0.5, 0.6) is 5.75 Å². The Morgan fingerprint density at radius 1 is 1.30 bits per heavy atom. The zero-order valence-corrected chi connectivity index (χ0v) is 13.7. The highest BCUT2D eigenvalue weighted by atomic mass is 32.1. The van der Waals surface area contributed by atoms with Crippen LogP contribution in [-0.4, -0.2) is 26.1 Å². The molecule has 2 aromatic heterocycles. The SMILES string of the molecule is Cc1cnc2c(c1)nc(CCOc1ccccc1)n2CC(N)=S. The lowest BCUT2D eigenvalue weighted by molar-refractivity contribution is 0.317. The highest BCUT2D eigenvalue weighted by molar-refractivity contribution is 7.80. The molecule has 23 heavy (non-hydrogen) atoms. The first-order valence-corrected chi connectivity index (χ1v) is 7.82. The number of para-hydroxylation sites is 1. The van der Waals surface area contributed by atoms with Crippen molar-refractivity contribution in [2.45, 2.75) is 19.9 Å². The largest absolute Gasteiger partial charge is 0.493 e. The maximum Gasteiger partial charge on any atom is 0.160 e. The molecule has 0 amide bonds. The predicted molar refractivity (Wildman–Crippen MR) is 94.7 cm³/mol. The number of nitrogens with two attached hydrogens (primary N) is 1.